The van der Waals surface area contributed by atoms with E-state index in [1.165, 1.54) is 11.4 Å². The number of H-pyrrole nitrogens is 1. The van der Waals surface area contributed by atoms with Crippen LogP contribution in [0.1, 0.15) is 22.5 Å². The minimum atomic E-state index is -0.0237. The number of thiophene rings is 1. The second kappa shape index (κ2) is 7.98. The molecule has 2 aliphatic heterocycles. The zero-order valence-corrected chi connectivity index (χ0v) is 18.2. The maximum absolute atomic E-state index is 12.8. The van der Waals surface area contributed by atoms with Crippen LogP contribution in [-0.4, -0.2) is 57.5 Å². The molecular weight excluding hydrogens is 400 g/mol. The van der Waals surface area contributed by atoms with Crippen LogP contribution in [-0.2, 0) is 31.3 Å². The molecule has 0 amide bonds. The summed E-state index contributed by atoms with van der Waals surface area (Å²) in [5.74, 6) is 1.85. The third-order valence-corrected chi connectivity index (χ3v) is 6.78. The molecule has 0 aliphatic carbocycles. The highest BCUT2D eigenvalue weighted by Gasteiger charge is 2.26. The van der Waals surface area contributed by atoms with Crippen molar-refractivity contribution in [2.45, 2.75) is 26.4 Å². The highest BCUT2D eigenvalue weighted by Crippen LogP contribution is 2.28. The van der Waals surface area contributed by atoms with Gasteiger partial charge in [-0.25, -0.2) is 4.98 Å². The molecule has 0 aromatic carbocycles. The lowest BCUT2D eigenvalue weighted by atomic mass is 10.1. The summed E-state index contributed by atoms with van der Waals surface area (Å²) < 4.78 is 7.50. The first kappa shape index (κ1) is 19.5. The average molecular weight is 427 g/mol. The molecule has 3 aromatic heterocycles. The van der Waals surface area contributed by atoms with E-state index in [2.05, 4.69) is 26.8 Å². The van der Waals surface area contributed by atoms with Crippen LogP contribution >= 0.6 is 11.3 Å². The SMILES string of the molecule is Cc1nn(C)c(N2CCOCC2)c1CN1CCc2nc(-c3cccs3)[nH]c(=O)c2C1. The monoisotopic (exact) mass is 426 g/mol. The number of ether oxygens (including phenoxy) is 1. The van der Waals surface area contributed by atoms with Gasteiger partial charge < -0.3 is 14.6 Å². The van der Waals surface area contributed by atoms with Gasteiger partial charge in [0.05, 0.1) is 35.0 Å². The van der Waals surface area contributed by atoms with Crippen molar-refractivity contribution in [3.63, 3.8) is 0 Å². The van der Waals surface area contributed by atoms with E-state index in [0.29, 0.717) is 12.4 Å². The summed E-state index contributed by atoms with van der Waals surface area (Å²) in [6, 6.07) is 3.96. The molecule has 9 heteroatoms. The number of rotatable bonds is 4. The molecule has 0 atom stereocenters. The number of morpholine rings is 1. The molecular formula is C21H26N6O2S. The van der Waals surface area contributed by atoms with Crippen LogP contribution in [0.25, 0.3) is 10.7 Å². The third-order valence-electron chi connectivity index (χ3n) is 5.91. The van der Waals surface area contributed by atoms with E-state index in [1.807, 2.05) is 29.2 Å². The van der Waals surface area contributed by atoms with Crippen molar-refractivity contribution in [3.05, 3.63) is 50.4 Å². The highest BCUT2D eigenvalue weighted by atomic mass is 32.1. The molecule has 5 rings (SSSR count). The van der Waals surface area contributed by atoms with Gasteiger partial charge >= 0.3 is 0 Å². The van der Waals surface area contributed by atoms with Crippen molar-refractivity contribution >= 4 is 17.2 Å². The standard InChI is InChI=1S/C21H26N6O2S/c1-14-15(21(25(2)24-14)27-7-9-29-10-8-27)12-26-6-5-17-16(13-26)20(28)23-19(22-17)18-4-3-11-30-18/h3-4,11H,5-10,12-13H2,1-2H3,(H,22,23,28). The topological polar surface area (TPSA) is 79.3 Å². The normalized spacial score (nSPS) is 17.3. The Balaban J connectivity index is 1.39. The van der Waals surface area contributed by atoms with Gasteiger partial charge in [-0.15, -0.1) is 11.3 Å². The van der Waals surface area contributed by atoms with Crippen molar-refractivity contribution in [1.29, 1.82) is 0 Å². The first-order valence-electron chi connectivity index (χ1n) is 10.3. The second-order valence-corrected chi connectivity index (χ2v) is 8.84. The fourth-order valence-electron chi connectivity index (χ4n) is 4.42. The Morgan fingerprint density at radius 2 is 2.10 bits per heavy atom. The first-order chi connectivity index (χ1) is 14.6. The molecule has 8 nitrogen and oxygen atoms in total. The van der Waals surface area contributed by atoms with Crippen LogP contribution in [0.5, 0.6) is 0 Å². The number of hydrogen-bond acceptors (Lipinski definition) is 7. The van der Waals surface area contributed by atoms with E-state index in [-0.39, 0.29) is 5.56 Å². The lowest BCUT2D eigenvalue weighted by molar-refractivity contribution is 0.122. The summed E-state index contributed by atoms with van der Waals surface area (Å²) in [5, 5.41) is 6.68. The van der Waals surface area contributed by atoms with Crippen LogP contribution in [0.3, 0.4) is 0 Å². The minimum absolute atomic E-state index is 0.0237. The first-order valence-corrected chi connectivity index (χ1v) is 11.2. The number of aromatic amines is 1. The molecule has 0 spiro atoms. The lowest BCUT2D eigenvalue weighted by Crippen LogP contribution is -2.39. The fourth-order valence-corrected chi connectivity index (χ4v) is 5.08. The summed E-state index contributed by atoms with van der Waals surface area (Å²) in [6.45, 7) is 7.58. The molecule has 2 aliphatic rings. The number of aromatic nitrogens is 4. The predicted molar refractivity (Wildman–Crippen MR) is 117 cm³/mol. The Kier molecular flexibility index (Phi) is 5.18. The summed E-state index contributed by atoms with van der Waals surface area (Å²) in [5.41, 5.74) is 3.97. The van der Waals surface area contributed by atoms with Crippen LogP contribution in [0.4, 0.5) is 5.82 Å². The van der Waals surface area contributed by atoms with Crippen LogP contribution in [0.2, 0.25) is 0 Å². The molecule has 1 saturated heterocycles. The van der Waals surface area contributed by atoms with E-state index < -0.39 is 0 Å². The van der Waals surface area contributed by atoms with Gasteiger partial charge in [-0.3, -0.25) is 14.4 Å². The van der Waals surface area contributed by atoms with Crippen molar-refractivity contribution < 1.29 is 4.74 Å². The number of anilines is 1. The largest absolute Gasteiger partial charge is 0.378 e. The van der Waals surface area contributed by atoms with E-state index in [0.717, 1.165) is 67.6 Å². The van der Waals surface area contributed by atoms with Crippen LogP contribution in [0, 0.1) is 6.92 Å². The number of hydrogen-bond donors (Lipinski definition) is 1. The maximum Gasteiger partial charge on any atom is 0.255 e. The summed E-state index contributed by atoms with van der Waals surface area (Å²) in [6.07, 6.45) is 0.782. The number of aryl methyl sites for hydroxylation is 2. The Labute approximate surface area is 179 Å². The van der Waals surface area contributed by atoms with Gasteiger partial charge in [0.25, 0.3) is 5.56 Å². The molecule has 0 saturated carbocycles. The Bertz CT molecular complexity index is 1100. The predicted octanol–water partition coefficient (Wildman–Crippen LogP) is 1.94. The van der Waals surface area contributed by atoms with Gasteiger partial charge in [-0.05, 0) is 18.4 Å². The van der Waals surface area contributed by atoms with Gasteiger partial charge in [0.2, 0.25) is 0 Å². The zero-order chi connectivity index (χ0) is 20.7. The van der Waals surface area contributed by atoms with Crippen molar-refractivity contribution in [3.8, 4) is 10.7 Å². The number of nitrogens with one attached hydrogen (secondary N) is 1. The molecule has 0 unspecified atom stereocenters. The Morgan fingerprint density at radius 3 is 2.87 bits per heavy atom. The van der Waals surface area contributed by atoms with E-state index in [1.54, 1.807) is 11.3 Å². The molecule has 1 fully saturated rings. The van der Waals surface area contributed by atoms with Gasteiger partial charge in [0.15, 0.2) is 5.82 Å². The van der Waals surface area contributed by atoms with E-state index >= 15 is 0 Å². The maximum atomic E-state index is 12.8. The van der Waals surface area contributed by atoms with Gasteiger partial charge in [-0.1, -0.05) is 6.07 Å². The van der Waals surface area contributed by atoms with E-state index in [4.69, 9.17) is 9.72 Å². The molecule has 158 valence electrons. The minimum Gasteiger partial charge on any atom is -0.378 e. The Morgan fingerprint density at radius 1 is 1.27 bits per heavy atom. The average Bonchev–Trinajstić information content (AvgIpc) is 3.37. The number of fused-ring (bicyclic) bond motifs is 1. The van der Waals surface area contributed by atoms with Crippen molar-refractivity contribution in [2.24, 2.45) is 7.05 Å². The molecule has 1 N–H and O–H groups in total. The molecule has 5 heterocycles. The second-order valence-electron chi connectivity index (χ2n) is 7.89. The summed E-state index contributed by atoms with van der Waals surface area (Å²) in [4.78, 5) is 26.2. The fraction of sp³-hybridized carbons (Fsp3) is 0.476. The summed E-state index contributed by atoms with van der Waals surface area (Å²) in [7, 11) is 2.01. The lowest BCUT2D eigenvalue weighted by Gasteiger charge is -2.32. The molecule has 0 bridgehead atoms. The van der Waals surface area contributed by atoms with Gasteiger partial charge in [-0.2, -0.15) is 5.10 Å². The molecule has 3 aromatic rings. The number of nitrogens with zero attached hydrogens (tertiary/aromatic N) is 5. The quantitative estimate of drug-likeness (QED) is 0.687. The van der Waals surface area contributed by atoms with Gasteiger partial charge in [0, 0.05) is 51.8 Å². The van der Waals surface area contributed by atoms with Crippen LogP contribution < -0.4 is 10.5 Å². The highest BCUT2D eigenvalue weighted by molar-refractivity contribution is 7.13. The summed E-state index contributed by atoms with van der Waals surface area (Å²) >= 11 is 1.59. The van der Waals surface area contributed by atoms with Gasteiger partial charge in [0.1, 0.15) is 5.82 Å². The molecule has 30 heavy (non-hydrogen) atoms. The zero-order valence-electron chi connectivity index (χ0n) is 17.3. The smallest absolute Gasteiger partial charge is 0.255 e. The Hall–Kier alpha value is -2.49. The van der Waals surface area contributed by atoms with Crippen molar-refractivity contribution in [1.82, 2.24) is 24.6 Å². The third kappa shape index (κ3) is 3.57. The van der Waals surface area contributed by atoms with Crippen LogP contribution in [0.15, 0.2) is 22.3 Å². The van der Waals surface area contributed by atoms with E-state index in [9.17, 15) is 4.79 Å². The van der Waals surface area contributed by atoms with Crippen molar-refractivity contribution in [2.75, 3.05) is 37.7 Å². The molecule has 0 radical (unpaired) electrons.